The summed E-state index contributed by atoms with van der Waals surface area (Å²) in [5.74, 6) is 1.93. The number of fused-ring (bicyclic) bond motifs is 7. The van der Waals surface area contributed by atoms with E-state index in [4.69, 9.17) is 19.9 Å². The molecule has 0 radical (unpaired) electrons. The summed E-state index contributed by atoms with van der Waals surface area (Å²) >= 11 is 0. The summed E-state index contributed by atoms with van der Waals surface area (Å²) in [6.07, 6.45) is 0. The van der Waals surface area contributed by atoms with Crippen molar-refractivity contribution in [2.24, 2.45) is 0 Å². The number of benzene rings is 9. The molecule has 0 N–H and O–H groups in total. The van der Waals surface area contributed by atoms with E-state index >= 15 is 0 Å². The molecule has 0 amide bonds. The largest absolute Gasteiger partial charge is 0.309 e. The molecule has 3 aromatic heterocycles. The topological polar surface area (TPSA) is 56.5 Å². The van der Waals surface area contributed by atoms with Crippen LogP contribution in [0.15, 0.2) is 224 Å². The van der Waals surface area contributed by atoms with Gasteiger partial charge in [-0.05, 0) is 52.4 Å². The van der Waals surface area contributed by atoms with Crippen LogP contribution in [-0.4, -0.2) is 24.5 Å². The summed E-state index contributed by atoms with van der Waals surface area (Å²) in [5.41, 5.74) is 13.8. The molecule has 0 bridgehead atoms. The van der Waals surface area contributed by atoms with E-state index < -0.39 is 0 Å². The molecule has 3 heterocycles. The second-order valence-electron chi connectivity index (χ2n) is 15.8. The Balaban J connectivity index is 1.02. The molecule has 0 atom stereocenters. The zero-order valence-corrected chi connectivity index (χ0v) is 34.1. The maximum atomic E-state index is 5.38. The van der Waals surface area contributed by atoms with Crippen LogP contribution in [0, 0.1) is 0 Å². The van der Waals surface area contributed by atoms with E-state index in [0.29, 0.717) is 17.5 Å². The Kier molecular flexibility index (Phi) is 8.75. The number of aromatic nitrogens is 5. The number of pyridine rings is 1. The summed E-state index contributed by atoms with van der Waals surface area (Å²) in [6.45, 7) is 0. The highest BCUT2D eigenvalue weighted by molar-refractivity contribution is 6.29. The molecule has 9 aromatic carbocycles. The van der Waals surface area contributed by atoms with Crippen molar-refractivity contribution in [2.75, 3.05) is 0 Å². The van der Waals surface area contributed by atoms with E-state index in [1.165, 1.54) is 16.2 Å². The molecular formula is C58H37N5. The molecule has 12 aromatic rings. The van der Waals surface area contributed by atoms with Gasteiger partial charge in [-0.2, -0.15) is 0 Å². The highest BCUT2D eigenvalue weighted by Gasteiger charge is 2.22. The van der Waals surface area contributed by atoms with Crippen LogP contribution in [0.3, 0.4) is 0 Å². The number of hydrogen-bond acceptors (Lipinski definition) is 4. The van der Waals surface area contributed by atoms with Gasteiger partial charge in [-0.1, -0.05) is 194 Å². The smallest absolute Gasteiger partial charge is 0.164 e. The van der Waals surface area contributed by atoms with Gasteiger partial charge in [-0.15, -0.1) is 0 Å². The fourth-order valence-electron chi connectivity index (χ4n) is 9.10. The summed E-state index contributed by atoms with van der Waals surface area (Å²) in [7, 11) is 0. The lowest BCUT2D eigenvalue weighted by Gasteiger charge is -2.13. The molecular weight excluding hydrogens is 767 g/mol. The molecule has 0 spiro atoms. The first-order chi connectivity index (χ1) is 31.2. The predicted molar refractivity (Wildman–Crippen MR) is 260 cm³/mol. The zero-order valence-electron chi connectivity index (χ0n) is 34.1. The summed E-state index contributed by atoms with van der Waals surface area (Å²) in [6, 6.07) is 78.8. The van der Waals surface area contributed by atoms with Gasteiger partial charge in [0.05, 0.1) is 22.2 Å². The molecule has 294 valence electrons. The van der Waals surface area contributed by atoms with Gasteiger partial charge in [0, 0.05) is 55.0 Å². The first kappa shape index (κ1) is 36.3. The average molecular weight is 804 g/mol. The van der Waals surface area contributed by atoms with E-state index in [0.717, 1.165) is 83.2 Å². The van der Waals surface area contributed by atoms with Crippen molar-refractivity contribution in [2.45, 2.75) is 0 Å². The van der Waals surface area contributed by atoms with Crippen LogP contribution in [0.25, 0.3) is 117 Å². The van der Waals surface area contributed by atoms with Gasteiger partial charge in [0.25, 0.3) is 0 Å². The molecule has 0 unspecified atom stereocenters. The highest BCUT2D eigenvalue weighted by atomic mass is 15.0. The SMILES string of the molecule is c1ccc(-c2nc(-c3ccccc3)nc(-c3ccc(-c4cccc(-c5cccc6c7c8c(-c9ccccc9)nc9ccccc9c8ccc7n(-c7ccccc7)c56)c4)cc3)n2)cc1. The lowest BCUT2D eigenvalue weighted by molar-refractivity contribution is 1.07. The van der Waals surface area contributed by atoms with Crippen molar-refractivity contribution < 1.29 is 0 Å². The maximum absolute atomic E-state index is 5.38. The van der Waals surface area contributed by atoms with E-state index in [9.17, 15) is 0 Å². The van der Waals surface area contributed by atoms with Crippen LogP contribution in [0.2, 0.25) is 0 Å². The number of rotatable bonds is 7. The number of hydrogen-bond donors (Lipinski definition) is 0. The standard InChI is InChI=1S/C58H37N5/c1-5-17-39(18-6-1)54-53-48(47-27-13-14-30-50(47)59-54)35-36-51-52(53)49-29-16-28-46(55(49)63(51)45-25-11-4-12-26-45)44-24-15-23-43(37-44)38-31-33-42(34-32-38)58-61-56(40-19-7-2-8-20-40)60-57(62-58)41-21-9-3-10-22-41/h1-37H. The second kappa shape index (κ2) is 15.2. The third-order valence-electron chi connectivity index (χ3n) is 12.0. The van der Waals surface area contributed by atoms with Crippen molar-refractivity contribution >= 4 is 43.5 Å². The molecule has 0 aliphatic heterocycles. The molecule has 5 heteroatoms. The van der Waals surface area contributed by atoms with Gasteiger partial charge in [0.2, 0.25) is 0 Å². The molecule has 63 heavy (non-hydrogen) atoms. The molecule has 12 rings (SSSR count). The fraction of sp³-hybridized carbons (Fsp3) is 0. The first-order valence-electron chi connectivity index (χ1n) is 21.2. The number of nitrogens with zero attached hydrogens (tertiary/aromatic N) is 5. The molecule has 0 saturated heterocycles. The molecule has 0 aliphatic carbocycles. The van der Waals surface area contributed by atoms with Crippen LogP contribution in [0.5, 0.6) is 0 Å². The van der Waals surface area contributed by atoms with E-state index in [1.54, 1.807) is 0 Å². The Morgan fingerprint density at radius 1 is 0.302 bits per heavy atom. The van der Waals surface area contributed by atoms with Gasteiger partial charge in [0.15, 0.2) is 17.5 Å². The van der Waals surface area contributed by atoms with Crippen LogP contribution in [0.1, 0.15) is 0 Å². The van der Waals surface area contributed by atoms with Gasteiger partial charge in [-0.3, -0.25) is 0 Å². The van der Waals surface area contributed by atoms with Crippen molar-refractivity contribution in [3.63, 3.8) is 0 Å². The van der Waals surface area contributed by atoms with Crippen LogP contribution in [0.4, 0.5) is 0 Å². The lowest BCUT2D eigenvalue weighted by atomic mass is 9.94. The normalized spacial score (nSPS) is 11.5. The summed E-state index contributed by atoms with van der Waals surface area (Å²) < 4.78 is 2.44. The summed E-state index contributed by atoms with van der Waals surface area (Å²) in [4.78, 5) is 20.2. The minimum atomic E-state index is 0.634. The Morgan fingerprint density at radius 2 is 0.810 bits per heavy atom. The Labute approximate surface area is 364 Å². The quantitative estimate of drug-likeness (QED) is 0.151. The van der Waals surface area contributed by atoms with Gasteiger partial charge in [0.1, 0.15) is 0 Å². The Morgan fingerprint density at radius 3 is 1.48 bits per heavy atom. The van der Waals surface area contributed by atoms with Crippen molar-refractivity contribution in [1.29, 1.82) is 0 Å². The molecule has 0 aliphatic rings. The fourth-order valence-corrected chi connectivity index (χ4v) is 9.10. The van der Waals surface area contributed by atoms with Crippen LogP contribution < -0.4 is 0 Å². The summed E-state index contributed by atoms with van der Waals surface area (Å²) in [5, 5.41) is 5.88. The zero-order chi connectivity index (χ0) is 41.7. The van der Waals surface area contributed by atoms with Gasteiger partial charge >= 0.3 is 0 Å². The minimum absolute atomic E-state index is 0.634. The van der Waals surface area contributed by atoms with E-state index in [-0.39, 0.29) is 0 Å². The lowest BCUT2D eigenvalue weighted by Crippen LogP contribution is -2.00. The predicted octanol–water partition coefficient (Wildman–Crippen LogP) is 14.7. The van der Waals surface area contributed by atoms with Crippen molar-refractivity contribution in [1.82, 2.24) is 24.5 Å². The Hall–Kier alpha value is -8.54. The van der Waals surface area contributed by atoms with E-state index in [1.807, 2.05) is 60.7 Å². The van der Waals surface area contributed by atoms with Crippen molar-refractivity contribution in [3.05, 3.63) is 224 Å². The maximum Gasteiger partial charge on any atom is 0.164 e. The van der Waals surface area contributed by atoms with Gasteiger partial charge in [-0.25, -0.2) is 19.9 Å². The van der Waals surface area contributed by atoms with Crippen LogP contribution in [-0.2, 0) is 0 Å². The second-order valence-corrected chi connectivity index (χ2v) is 15.8. The molecule has 0 fully saturated rings. The third-order valence-corrected chi connectivity index (χ3v) is 12.0. The molecule has 5 nitrogen and oxygen atoms in total. The van der Waals surface area contributed by atoms with Crippen LogP contribution >= 0.6 is 0 Å². The average Bonchev–Trinajstić information content (AvgIpc) is 3.72. The highest BCUT2D eigenvalue weighted by Crippen LogP contribution is 2.45. The Bertz CT molecular complexity index is 3580. The third kappa shape index (κ3) is 6.34. The first-order valence-corrected chi connectivity index (χ1v) is 21.2. The monoisotopic (exact) mass is 803 g/mol. The van der Waals surface area contributed by atoms with E-state index in [2.05, 4.69) is 168 Å². The van der Waals surface area contributed by atoms with Gasteiger partial charge < -0.3 is 4.57 Å². The number of para-hydroxylation sites is 3. The van der Waals surface area contributed by atoms with Crippen molar-refractivity contribution in [3.8, 4) is 73.4 Å². The molecule has 0 saturated carbocycles. The minimum Gasteiger partial charge on any atom is -0.309 e.